The van der Waals surface area contributed by atoms with Gasteiger partial charge in [-0.2, -0.15) is 0 Å². The predicted octanol–water partition coefficient (Wildman–Crippen LogP) is 2.57. The monoisotopic (exact) mass is 406 g/mol. The Hall–Kier alpha value is -1.89. The molecule has 0 spiro atoms. The van der Waals surface area contributed by atoms with Crippen LogP contribution in [0.3, 0.4) is 0 Å². The summed E-state index contributed by atoms with van der Waals surface area (Å²) in [7, 11) is -0.727. The average Bonchev–Trinajstić information content (AvgIpc) is 2.72. The van der Waals surface area contributed by atoms with Crippen LogP contribution in [-0.2, 0) is 17.3 Å². The van der Waals surface area contributed by atoms with Crippen LogP contribution in [-0.4, -0.2) is 46.2 Å². The van der Waals surface area contributed by atoms with Crippen molar-refractivity contribution in [2.75, 3.05) is 18.8 Å². The number of amides is 1. The van der Waals surface area contributed by atoms with Crippen LogP contribution < -0.4 is 16.0 Å². The molecule has 1 saturated carbocycles. The normalized spacial score (nSPS) is 21.0. The molecule has 0 radical (unpaired) electrons. The Bertz CT molecular complexity index is 675. The number of hydrogen-bond donors (Lipinski definition) is 3. The molecule has 3 atom stereocenters. The number of nitrogens with one attached hydrogen (secondary N) is 3. The summed E-state index contributed by atoms with van der Waals surface area (Å²) in [5, 5.41) is 9.92. The summed E-state index contributed by atoms with van der Waals surface area (Å²) >= 11 is 0. The van der Waals surface area contributed by atoms with E-state index < -0.39 is 10.8 Å². The highest BCUT2D eigenvalue weighted by Crippen LogP contribution is 2.23. The van der Waals surface area contributed by atoms with E-state index in [0.717, 1.165) is 49.5 Å². The maximum absolute atomic E-state index is 12.2. The third-order valence-corrected chi connectivity index (χ3v) is 6.68. The lowest BCUT2D eigenvalue weighted by Crippen LogP contribution is -2.46. The van der Waals surface area contributed by atoms with Crippen molar-refractivity contribution >= 4 is 22.7 Å². The Labute approximate surface area is 171 Å². The van der Waals surface area contributed by atoms with Crippen molar-refractivity contribution in [3.05, 3.63) is 35.4 Å². The molecule has 28 heavy (non-hydrogen) atoms. The van der Waals surface area contributed by atoms with Crippen molar-refractivity contribution < 1.29 is 9.00 Å². The number of aliphatic imine (C=N–C) groups is 1. The van der Waals surface area contributed by atoms with Crippen LogP contribution in [0.1, 0.15) is 62.4 Å². The molecule has 0 aromatic heterocycles. The summed E-state index contributed by atoms with van der Waals surface area (Å²) in [6.07, 6.45) is 4.19. The molecule has 3 unspecified atom stereocenters. The molecule has 1 aromatic rings. The minimum atomic E-state index is -0.727. The van der Waals surface area contributed by atoms with Gasteiger partial charge in [0.05, 0.1) is 6.54 Å². The average molecular weight is 407 g/mol. The lowest BCUT2D eigenvalue weighted by Gasteiger charge is -2.30. The van der Waals surface area contributed by atoms with Crippen LogP contribution in [0.4, 0.5) is 0 Å². The first-order valence-electron chi connectivity index (χ1n) is 10.4. The van der Waals surface area contributed by atoms with Gasteiger partial charge in [-0.05, 0) is 50.8 Å². The molecule has 1 amide bonds. The van der Waals surface area contributed by atoms with Crippen LogP contribution in [0.2, 0.25) is 0 Å². The second-order valence-corrected chi connectivity index (χ2v) is 9.06. The van der Waals surface area contributed by atoms with E-state index in [1.165, 1.54) is 0 Å². The van der Waals surface area contributed by atoms with Gasteiger partial charge in [0.1, 0.15) is 0 Å². The van der Waals surface area contributed by atoms with E-state index in [1.54, 1.807) is 0 Å². The first-order chi connectivity index (χ1) is 13.6. The molecule has 0 aliphatic heterocycles. The third kappa shape index (κ3) is 6.93. The predicted molar refractivity (Wildman–Crippen MR) is 117 cm³/mol. The van der Waals surface area contributed by atoms with E-state index in [0.29, 0.717) is 29.9 Å². The van der Waals surface area contributed by atoms with Gasteiger partial charge in [0, 0.05) is 46.5 Å². The van der Waals surface area contributed by atoms with Crippen molar-refractivity contribution in [2.24, 2.45) is 4.99 Å². The topological polar surface area (TPSA) is 82.6 Å². The maximum Gasteiger partial charge on any atom is 0.251 e. The van der Waals surface area contributed by atoms with E-state index in [4.69, 9.17) is 4.99 Å². The molecule has 7 heteroatoms. The van der Waals surface area contributed by atoms with Crippen molar-refractivity contribution in [1.82, 2.24) is 16.0 Å². The second-order valence-electron chi connectivity index (χ2n) is 7.05. The first-order valence-corrected chi connectivity index (χ1v) is 11.7. The van der Waals surface area contributed by atoms with Crippen molar-refractivity contribution in [2.45, 2.75) is 64.3 Å². The molecule has 156 valence electrons. The van der Waals surface area contributed by atoms with Gasteiger partial charge in [-0.25, -0.2) is 4.99 Å². The highest BCUT2D eigenvalue weighted by atomic mass is 32.2. The number of rotatable bonds is 8. The third-order valence-electron chi connectivity index (χ3n) is 4.94. The molecule has 0 heterocycles. The standard InChI is InChI=1S/C21H34N4O2S/c1-4-22-20(26)17-12-10-16(11-13-17)15-24-21(23-5-2)25-18-8-7-9-19(14-18)28(27)6-3/h10-13,18-19H,4-9,14-15H2,1-3H3,(H,22,26)(H2,23,24,25). The fourth-order valence-corrected chi connectivity index (χ4v) is 4.81. The summed E-state index contributed by atoms with van der Waals surface area (Å²) in [5.41, 5.74) is 1.72. The molecule has 1 fully saturated rings. The van der Waals surface area contributed by atoms with E-state index in [2.05, 4.69) is 16.0 Å². The Morgan fingerprint density at radius 3 is 2.46 bits per heavy atom. The highest BCUT2D eigenvalue weighted by Gasteiger charge is 2.26. The van der Waals surface area contributed by atoms with Gasteiger partial charge in [0.2, 0.25) is 0 Å². The zero-order valence-electron chi connectivity index (χ0n) is 17.3. The van der Waals surface area contributed by atoms with Crippen LogP contribution in [0, 0.1) is 0 Å². The highest BCUT2D eigenvalue weighted by molar-refractivity contribution is 7.85. The van der Waals surface area contributed by atoms with Gasteiger partial charge in [-0.15, -0.1) is 0 Å². The molecule has 1 aliphatic rings. The van der Waals surface area contributed by atoms with Gasteiger partial charge in [-0.3, -0.25) is 9.00 Å². The molecular formula is C21H34N4O2S. The Morgan fingerprint density at radius 1 is 1.11 bits per heavy atom. The summed E-state index contributed by atoms with van der Waals surface area (Å²) in [6.45, 7) is 7.91. The molecule has 6 nitrogen and oxygen atoms in total. The number of guanidine groups is 1. The SMILES string of the molecule is CCNC(=O)c1ccc(CN=C(NCC)NC2CCCC(S(=O)CC)C2)cc1. The molecule has 1 aromatic carbocycles. The Kier molecular flexibility index (Phi) is 9.47. The minimum absolute atomic E-state index is 0.0520. The van der Waals surface area contributed by atoms with Crippen LogP contribution in [0.25, 0.3) is 0 Å². The summed E-state index contributed by atoms with van der Waals surface area (Å²) in [4.78, 5) is 16.5. The van der Waals surface area contributed by atoms with Gasteiger partial charge in [-0.1, -0.05) is 25.5 Å². The quantitative estimate of drug-likeness (QED) is 0.458. The van der Waals surface area contributed by atoms with E-state index in [1.807, 2.05) is 45.0 Å². The second kappa shape index (κ2) is 11.8. The largest absolute Gasteiger partial charge is 0.357 e. The van der Waals surface area contributed by atoms with Crippen molar-refractivity contribution in [1.29, 1.82) is 0 Å². The number of nitrogens with zero attached hydrogens (tertiary/aromatic N) is 1. The number of hydrogen-bond acceptors (Lipinski definition) is 3. The molecule has 0 bridgehead atoms. The summed E-state index contributed by atoms with van der Waals surface area (Å²) in [5.74, 6) is 1.48. The zero-order chi connectivity index (χ0) is 20.4. The van der Waals surface area contributed by atoms with E-state index >= 15 is 0 Å². The summed E-state index contributed by atoms with van der Waals surface area (Å²) in [6, 6.07) is 7.87. The molecular weight excluding hydrogens is 372 g/mol. The van der Waals surface area contributed by atoms with Gasteiger partial charge in [0.25, 0.3) is 5.91 Å². The van der Waals surface area contributed by atoms with Crippen LogP contribution in [0.5, 0.6) is 0 Å². The van der Waals surface area contributed by atoms with E-state index in [-0.39, 0.29) is 5.91 Å². The summed E-state index contributed by atoms with van der Waals surface area (Å²) < 4.78 is 12.2. The minimum Gasteiger partial charge on any atom is -0.357 e. The zero-order valence-corrected chi connectivity index (χ0v) is 18.1. The van der Waals surface area contributed by atoms with Gasteiger partial charge >= 0.3 is 0 Å². The van der Waals surface area contributed by atoms with Gasteiger partial charge in [0.15, 0.2) is 5.96 Å². The lowest BCUT2D eigenvalue weighted by molar-refractivity contribution is 0.0956. The fraction of sp³-hybridized carbons (Fsp3) is 0.619. The number of benzene rings is 1. The number of carbonyl (C=O) groups is 1. The van der Waals surface area contributed by atoms with E-state index in [9.17, 15) is 9.00 Å². The molecule has 0 saturated heterocycles. The lowest BCUT2D eigenvalue weighted by atomic mass is 9.95. The Balaban J connectivity index is 1.96. The molecule has 3 N–H and O–H groups in total. The van der Waals surface area contributed by atoms with Crippen LogP contribution >= 0.6 is 0 Å². The maximum atomic E-state index is 12.2. The Morgan fingerprint density at radius 2 is 1.82 bits per heavy atom. The van der Waals surface area contributed by atoms with Crippen molar-refractivity contribution in [3.63, 3.8) is 0 Å². The van der Waals surface area contributed by atoms with Crippen LogP contribution in [0.15, 0.2) is 29.3 Å². The fourth-order valence-electron chi connectivity index (χ4n) is 3.46. The van der Waals surface area contributed by atoms with Gasteiger partial charge < -0.3 is 16.0 Å². The van der Waals surface area contributed by atoms with Crippen molar-refractivity contribution in [3.8, 4) is 0 Å². The number of carbonyl (C=O) groups excluding carboxylic acids is 1. The molecule has 1 aliphatic carbocycles. The molecule has 2 rings (SSSR count). The first kappa shape index (κ1) is 22.4. The smallest absolute Gasteiger partial charge is 0.251 e.